The van der Waals surface area contributed by atoms with Crippen molar-refractivity contribution in [3.8, 4) is 0 Å². The Morgan fingerprint density at radius 1 is 1.43 bits per heavy atom. The number of carboxylic acid groups (broad SMARTS) is 1. The number of hydrogen-bond donors (Lipinski definition) is 2. The monoisotopic (exact) mass is 371 g/mol. The lowest BCUT2D eigenvalue weighted by atomic mass is 9.77. The number of amides is 1. The van der Waals surface area contributed by atoms with Crippen LogP contribution in [0.3, 0.4) is 0 Å². The van der Waals surface area contributed by atoms with Crippen LogP contribution in [0.25, 0.3) is 6.08 Å². The molecule has 0 aliphatic heterocycles. The summed E-state index contributed by atoms with van der Waals surface area (Å²) in [5.41, 5.74) is -1.11. The number of hydrogen-bond acceptors (Lipinski definition) is 3. The molecule has 0 bridgehead atoms. The van der Waals surface area contributed by atoms with Gasteiger partial charge < -0.3 is 10.4 Å². The van der Waals surface area contributed by atoms with Crippen LogP contribution in [-0.4, -0.2) is 22.5 Å². The Labute approximate surface area is 136 Å². The third-order valence-electron chi connectivity index (χ3n) is 3.89. The van der Waals surface area contributed by atoms with Gasteiger partial charge in [0.25, 0.3) is 0 Å². The summed E-state index contributed by atoms with van der Waals surface area (Å²) >= 11 is 4.87. The fourth-order valence-electron chi connectivity index (χ4n) is 2.50. The molecule has 2 N–H and O–H groups in total. The minimum atomic E-state index is -1.11. The minimum Gasteiger partial charge on any atom is -0.480 e. The van der Waals surface area contributed by atoms with Gasteiger partial charge in [0, 0.05) is 11.0 Å². The molecule has 2 rings (SSSR count). The Hall–Kier alpha value is -1.14. The Bertz CT molecular complexity index is 559. The number of nitrogens with one attached hydrogen (secondary N) is 1. The molecule has 114 valence electrons. The number of aliphatic carboxylic acids is 1. The van der Waals surface area contributed by atoms with Crippen molar-refractivity contribution in [2.24, 2.45) is 5.92 Å². The molecule has 0 saturated heterocycles. The largest absolute Gasteiger partial charge is 0.480 e. The van der Waals surface area contributed by atoms with Gasteiger partial charge in [-0.25, -0.2) is 4.79 Å². The summed E-state index contributed by atoms with van der Waals surface area (Å²) in [5, 5.41) is 12.2. The van der Waals surface area contributed by atoms with Gasteiger partial charge in [0.15, 0.2) is 0 Å². The zero-order valence-corrected chi connectivity index (χ0v) is 14.2. The van der Waals surface area contributed by atoms with Crippen LogP contribution < -0.4 is 5.32 Å². The van der Waals surface area contributed by atoms with Gasteiger partial charge in [-0.3, -0.25) is 4.79 Å². The maximum Gasteiger partial charge on any atom is 0.329 e. The maximum absolute atomic E-state index is 12.0. The van der Waals surface area contributed by atoms with Crippen molar-refractivity contribution in [1.82, 2.24) is 5.32 Å². The molecular formula is C15H18BrNO3S. The molecule has 1 fully saturated rings. The van der Waals surface area contributed by atoms with Crippen LogP contribution in [-0.2, 0) is 9.59 Å². The quantitative estimate of drug-likeness (QED) is 0.793. The minimum absolute atomic E-state index is 0.350. The van der Waals surface area contributed by atoms with Crippen LogP contribution in [0, 0.1) is 5.92 Å². The second-order valence-electron chi connectivity index (χ2n) is 5.53. The van der Waals surface area contributed by atoms with E-state index in [1.807, 2.05) is 12.1 Å². The lowest BCUT2D eigenvalue weighted by Gasteiger charge is -2.36. The van der Waals surface area contributed by atoms with Crippen molar-refractivity contribution in [3.05, 3.63) is 26.9 Å². The van der Waals surface area contributed by atoms with E-state index < -0.39 is 11.5 Å². The zero-order chi connectivity index (χ0) is 15.5. The number of rotatable bonds is 4. The van der Waals surface area contributed by atoms with Gasteiger partial charge in [-0.2, -0.15) is 0 Å². The molecule has 0 radical (unpaired) electrons. The van der Waals surface area contributed by atoms with Crippen LogP contribution in [0.15, 0.2) is 22.0 Å². The van der Waals surface area contributed by atoms with E-state index in [0.29, 0.717) is 18.8 Å². The molecule has 1 aromatic heterocycles. The number of carbonyl (C=O) groups excluding carboxylic acids is 1. The van der Waals surface area contributed by atoms with Gasteiger partial charge in [-0.15, -0.1) is 11.3 Å². The standard InChI is InChI=1S/C15H18BrNO3S/c1-10-6-8-15(9-7-10,14(19)20)17-13(18)5-3-11-2-4-12(16)21-11/h2-5,10H,6-9H2,1H3,(H,17,18)(H,19,20)/b5-3+. The highest BCUT2D eigenvalue weighted by Gasteiger charge is 2.42. The number of thiophene rings is 1. The fourth-order valence-corrected chi connectivity index (χ4v) is 3.83. The molecule has 1 saturated carbocycles. The van der Waals surface area contributed by atoms with Crippen LogP contribution in [0.2, 0.25) is 0 Å². The highest BCUT2D eigenvalue weighted by atomic mass is 79.9. The number of carboxylic acids is 1. The van der Waals surface area contributed by atoms with Gasteiger partial charge in [-0.05, 0) is 65.7 Å². The molecule has 1 heterocycles. The zero-order valence-electron chi connectivity index (χ0n) is 11.8. The SMILES string of the molecule is CC1CCC(NC(=O)/C=C/c2ccc(Br)s2)(C(=O)O)CC1. The molecule has 1 amide bonds. The summed E-state index contributed by atoms with van der Waals surface area (Å²) in [5.74, 6) is -0.764. The van der Waals surface area contributed by atoms with Crippen molar-refractivity contribution >= 4 is 45.2 Å². The van der Waals surface area contributed by atoms with Gasteiger partial charge >= 0.3 is 5.97 Å². The molecular weight excluding hydrogens is 354 g/mol. The Morgan fingerprint density at radius 2 is 2.10 bits per heavy atom. The van der Waals surface area contributed by atoms with Crippen molar-refractivity contribution in [1.29, 1.82) is 0 Å². The molecule has 0 aromatic carbocycles. The lowest BCUT2D eigenvalue weighted by Crippen LogP contribution is -2.55. The summed E-state index contributed by atoms with van der Waals surface area (Å²) in [6.45, 7) is 2.11. The summed E-state index contributed by atoms with van der Waals surface area (Å²) in [7, 11) is 0. The first-order valence-electron chi connectivity index (χ1n) is 6.90. The normalized spacial score (nSPS) is 25.9. The predicted octanol–water partition coefficient (Wildman–Crippen LogP) is 3.67. The molecule has 0 unspecified atom stereocenters. The summed E-state index contributed by atoms with van der Waals surface area (Å²) in [6.07, 6.45) is 5.75. The van der Waals surface area contributed by atoms with E-state index in [2.05, 4.69) is 28.2 Å². The number of halogens is 1. The highest BCUT2D eigenvalue weighted by molar-refractivity contribution is 9.11. The van der Waals surface area contributed by atoms with Gasteiger partial charge in [0.05, 0.1) is 3.79 Å². The van der Waals surface area contributed by atoms with Crippen LogP contribution in [0.1, 0.15) is 37.5 Å². The Kier molecular flexibility index (Phi) is 5.22. The molecule has 1 aliphatic carbocycles. The van der Waals surface area contributed by atoms with E-state index in [-0.39, 0.29) is 5.91 Å². The lowest BCUT2D eigenvalue weighted by molar-refractivity contribution is -0.149. The highest BCUT2D eigenvalue weighted by Crippen LogP contribution is 2.32. The molecule has 1 aliphatic rings. The van der Waals surface area contributed by atoms with Crippen LogP contribution >= 0.6 is 27.3 Å². The molecule has 0 atom stereocenters. The van der Waals surface area contributed by atoms with Crippen molar-refractivity contribution in [2.45, 2.75) is 38.1 Å². The average molecular weight is 372 g/mol. The molecule has 6 heteroatoms. The maximum atomic E-state index is 12.0. The predicted molar refractivity (Wildman–Crippen MR) is 87.2 cm³/mol. The molecule has 1 aromatic rings. The molecule has 4 nitrogen and oxygen atoms in total. The smallest absolute Gasteiger partial charge is 0.329 e. The van der Waals surface area contributed by atoms with Crippen molar-refractivity contribution in [2.75, 3.05) is 0 Å². The second kappa shape index (κ2) is 6.75. The fraction of sp³-hybridized carbons (Fsp3) is 0.467. The average Bonchev–Trinajstić information content (AvgIpc) is 2.85. The summed E-state index contributed by atoms with van der Waals surface area (Å²) in [6, 6.07) is 3.80. The third-order valence-corrected chi connectivity index (χ3v) is 5.48. The topological polar surface area (TPSA) is 66.4 Å². The van der Waals surface area contributed by atoms with Crippen molar-refractivity contribution < 1.29 is 14.7 Å². The first kappa shape index (κ1) is 16.2. The van der Waals surface area contributed by atoms with E-state index in [1.165, 1.54) is 17.4 Å². The number of carbonyl (C=O) groups is 2. The molecule has 0 spiro atoms. The van der Waals surface area contributed by atoms with Crippen molar-refractivity contribution in [3.63, 3.8) is 0 Å². The first-order chi connectivity index (χ1) is 9.91. The summed E-state index contributed by atoms with van der Waals surface area (Å²) in [4.78, 5) is 24.5. The summed E-state index contributed by atoms with van der Waals surface area (Å²) < 4.78 is 0.992. The second-order valence-corrected chi connectivity index (χ2v) is 8.03. The van der Waals surface area contributed by atoms with Crippen LogP contribution in [0.5, 0.6) is 0 Å². The van der Waals surface area contributed by atoms with E-state index >= 15 is 0 Å². The van der Waals surface area contributed by atoms with Gasteiger partial charge in [0.1, 0.15) is 5.54 Å². The Balaban J connectivity index is 2.02. The van der Waals surface area contributed by atoms with E-state index in [9.17, 15) is 14.7 Å². The van der Waals surface area contributed by atoms with E-state index in [1.54, 1.807) is 6.08 Å². The first-order valence-corrected chi connectivity index (χ1v) is 8.51. The van der Waals surface area contributed by atoms with E-state index in [4.69, 9.17) is 0 Å². The van der Waals surface area contributed by atoms with Crippen LogP contribution in [0.4, 0.5) is 0 Å². The molecule has 21 heavy (non-hydrogen) atoms. The Morgan fingerprint density at radius 3 is 2.62 bits per heavy atom. The third kappa shape index (κ3) is 4.17. The van der Waals surface area contributed by atoms with Gasteiger partial charge in [-0.1, -0.05) is 6.92 Å². The van der Waals surface area contributed by atoms with Gasteiger partial charge in [0.2, 0.25) is 5.91 Å². The van der Waals surface area contributed by atoms with E-state index in [0.717, 1.165) is 21.5 Å².